The van der Waals surface area contributed by atoms with Gasteiger partial charge in [-0.25, -0.2) is 4.79 Å². The Balaban J connectivity index is 2.81. The fourth-order valence-electron chi connectivity index (χ4n) is 0.142. The van der Waals surface area contributed by atoms with Crippen molar-refractivity contribution in [3.63, 3.8) is 0 Å². The van der Waals surface area contributed by atoms with Crippen molar-refractivity contribution in [3.05, 3.63) is 0 Å². The van der Waals surface area contributed by atoms with Gasteiger partial charge in [-0.1, -0.05) is 0 Å². The van der Waals surface area contributed by atoms with Crippen molar-refractivity contribution >= 4 is 6.47 Å². The predicted molar refractivity (Wildman–Crippen MR) is 25.1 cm³/mol. The third kappa shape index (κ3) is 5.43. The molecule has 0 amide bonds. The highest BCUT2D eigenvalue weighted by molar-refractivity contribution is 5.37. The molecule has 0 aliphatic heterocycles. The normalized spacial score (nSPS) is 9.00. The van der Waals surface area contributed by atoms with Gasteiger partial charge in [0.25, 0.3) is 0 Å². The van der Waals surface area contributed by atoms with Crippen LogP contribution in [0.4, 0.5) is 0 Å². The lowest BCUT2D eigenvalue weighted by Gasteiger charge is -2.00. The fourth-order valence-corrected chi connectivity index (χ4v) is 0.142. The molecule has 1 N–H and O–H groups in total. The topological polar surface area (TPSA) is 38.3 Å². The van der Waals surface area contributed by atoms with E-state index in [9.17, 15) is 4.79 Å². The standard InChI is InChI=1S/C4H8NO2/c1-4(2)5-7-3-6/h4-5H,1-2H3. The Labute approximate surface area is 42.6 Å². The number of nitrogens with one attached hydrogen (secondary N) is 1. The summed E-state index contributed by atoms with van der Waals surface area (Å²) in [6, 6.07) is 0.168. The molecule has 0 spiro atoms. The Kier molecular flexibility index (Phi) is 3.32. The minimum Gasteiger partial charge on any atom is -0.362 e. The lowest BCUT2D eigenvalue weighted by molar-refractivity contribution is 0.144. The molecular weight excluding hydrogens is 94.0 g/mol. The second-order valence-electron chi connectivity index (χ2n) is 1.46. The van der Waals surface area contributed by atoms with Crippen LogP contribution in [0, 0.1) is 0 Å². The molecule has 0 saturated heterocycles. The number of hydrogen-bond acceptors (Lipinski definition) is 3. The molecule has 0 fully saturated rings. The first kappa shape index (κ1) is 6.43. The third-order valence-corrected chi connectivity index (χ3v) is 0.336. The van der Waals surface area contributed by atoms with Crippen LogP contribution in [0.3, 0.4) is 0 Å². The zero-order valence-corrected chi connectivity index (χ0v) is 4.39. The maximum Gasteiger partial charge on any atom is 0.437 e. The zero-order chi connectivity index (χ0) is 5.70. The van der Waals surface area contributed by atoms with Gasteiger partial charge in [0.1, 0.15) is 0 Å². The summed E-state index contributed by atoms with van der Waals surface area (Å²) in [5, 5.41) is 0. The van der Waals surface area contributed by atoms with Crippen LogP contribution in [0.15, 0.2) is 0 Å². The van der Waals surface area contributed by atoms with E-state index in [1.54, 1.807) is 0 Å². The van der Waals surface area contributed by atoms with Crippen molar-refractivity contribution in [3.8, 4) is 0 Å². The summed E-state index contributed by atoms with van der Waals surface area (Å²) < 4.78 is 0. The van der Waals surface area contributed by atoms with Crippen LogP contribution < -0.4 is 5.48 Å². The van der Waals surface area contributed by atoms with Crippen molar-refractivity contribution in [2.75, 3.05) is 0 Å². The molecule has 7 heavy (non-hydrogen) atoms. The highest BCUT2D eigenvalue weighted by Gasteiger charge is 1.86. The molecule has 0 rings (SSSR count). The Morgan fingerprint density at radius 1 is 1.71 bits per heavy atom. The lowest BCUT2D eigenvalue weighted by atomic mass is 10.4. The Morgan fingerprint density at radius 2 is 2.29 bits per heavy atom. The lowest BCUT2D eigenvalue weighted by Crippen LogP contribution is -2.21. The van der Waals surface area contributed by atoms with Crippen LogP contribution >= 0.6 is 0 Å². The first-order valence-corrected chi connectivity index (χ1v) is 2.06. The first-order valence-electron chi connectivity index (χ1n) is 2.06. The number of carbonyl (C=O) groups excluding carboxylic acids is 1. The monoisotopic (exact) mass is 102 g/mol. The third-order valence-electron chi connectivity index (χ3n) is 0.336. The van der Waals surface area contributed by atoms with Gasteiger partial charge in [-0.2, -0.15) is 5.48 Å². The first-order chi connectivity index (χ1) is 3.27. The van der Waals surface area contributed by atoms with Crippen LogP contribution in [0.5, 0.6) is 0 Å². The van der Waals surface area contributed by atoms with Crippen LogP contribution in [0.1, 0.15) is 13.8 Å². The minimum atomic E-state index is 0.168. The second kappa shape index (κ2) is 3.61. The molecule has 0 aromatic rings. The van der Waals surface area contributed by atoms with Crippen LogP contribution in [-0.2, 0) is 9.63 Å². The molecule has 0 unspecified atom stereocenters. The van der Waals surface area contributed by atoms with E-state index in [4.69, 9.17) is 0 Å². The van der Waals surface area contributed by atoms with E-state index in [2.05, 4.69) is 10.3 Å². The van der Waals surface area contributed by atoms with E-state index in [0.29, 0.717) is 0 Å². The highest BCUT2D eigenvalue weighted by Crippen LogP contribution is 1.71. The van der Waals surface area contributed by atoms with Gasteiger partial charge in [-0.3, -0.25) is 0 Å². The van der Waals surface area contributed by atoms with Gasteiger partial charge in [0.05, 0.1) is 0 Å². The van der Waals surface area contributed by atoms with E-state index in [0.717, 1.165) is 0 Å². The van der Waals surface area contributed by atoms with Gasteiger partial charge in [0.2, 0.25) is 0 Å². The Morgan fingerprint density at radius 3 is 2.43 bits per heavy atom. The van der Waals surface area contributed by atoms with Crippen molar-refractivity contribution < 1.29 is 9.63 Å². The van der Waals surface area contributed by atoms with Gasteiger partial charge >= 0.3 is 6.47 Å². The molecule has 0 aromatic heterocycles. The molecule has 3 heteroatoms. The molecule has 0 heterocycles. The molecule has 0 aromatic carbocycles. The highest BCUT2D eigenvalue weighted by atomic mass is 16.7. The van der Waals surface area contributed by atoms with Crippen LogP contribution in [0.2, 0.25) is 0 Å². The average Bonchev–Trinajstić information content (AvgIpc) is 1.61. The zero-order valence-electron chi connectivity index (χ0n) is 4.39. The van der Waals surface area contributed by atoms with E-state index >= 15 is 0 Å². The summed E-state index contributed by atoms with van der Waals surface area (Å²) in [4.78, 5) is 13.3. The summed E-state index contributed by atoms with van der Waals surface area (Å²) in [5.41, 5.74) is 2.37. The smallest absolute Gasteiger partial charge is 0.362 e. The molecule has 0 bridgehead atoms. The van der Waals surface area contributed by atoms with E-state index in [1.165, 1.54) is 6.47 Å². The minimum absolute atomic E-state index is 0.168. The van der Waals surface area contributed by atoms with E-state index in [1.807, 2.05) is 13.8 Å². The van der Waals surface area contributed by atoms with Crippen LogP contribution in [0.25, 0.3) is 0 Å². The summed E-state index contributed by atoms with van der Waals surface area (Å²) in [5.74, 6) is 0. The van der Waals surface area contributed by atoms with Gasteiger partial charge < -0.3 is 4.84 Å². The Bertz CT molecular complexity index is 53.7. The SMILES string of the molecule is CC(C)NO[C]=O. The molecule has 0 saturated carbocycles. The molecular formula is C4H8NO2. The second-order valence-corrected chi connectivity index (χ2v) is 1.46. The molecule has 0 aliphatic carbocycles. The fraction of sp³-hybridized carbons (Fsp3) is 0.750. The quantitative estimate of drug-likeness (QED) is 0.509. The van der Waals surface area contributed by atoms with Crippen molar-refractivity contribution in [1.29, 1.82) is 0 Å². The molecule has 1 radical (unpaired) electrons. The largest absolute Gasteiger partial charge is 0.437 e. The van der Waals surface area contributed by atoms with Gasteiger partial charge in [0, 0.05) is 6.04 Å². The number of hydroxylamine groups is 1. The summed E-state index contributed by atoms with van der Waals surface area (Å²) in [6.45, 7) is 4.95. The Hall–Kier alpha value is -0.570. The molecule has 41 valence electrons. The van der Waals surface area contributed by atoms with Crippen molar-refractivity contribution in [2.24, 2.45) is 0 Å². The average molecular weight is 102 g/mol. The van der Waals surface area contributed by atoms with E-state index in [-0.39, 0.29) is 6.04 Å². The van der Waals surface area contributed by atoms with Crippen molar-refractivity contribution in [1.82, 2.24) is 5.48 Å². The number of rotatable bonds is 3. The molecule has 0 aliphatic rings. The summed E-state index contributed by atoms with van der Waals surface area (Å²) in [7, 11) is 0. The summed E-state index contributed by atoms with van der Waals surface area (Å²) in [6.07, 6.45) is 0. The predicted octanol–water partition coefficient (Wildman–Crippen LogP) is -0.0168. The van der Waals surface area contributed by atoms with Crippen molar-refractivity contribution in [2.45, 2.75) is 19.9 Å². The van der Waals surface area contributed by atoms with E-state index < -0.39 is 0 Å². The number of hydrogen-bond donors (Lipinski definition) is 1. The van der Waals surface area contributed by atoms with Gasteiger partial charge in [0.15, 0.2) is 0 Å². The molecule has 3 nitrogen and oxygen atoms in total. The van der Waals surface area contributed by atoms with Crippen LogP contribution in [-0.4, -0.2) is 12.5 Å². The van der Waals surface area contributed by atoms with Gasteiger partial charge in [-0.05, 0) is 13.8 Å². The molecule has 0 atom stereocenters. The maximum atomic E-state index is 9.30. The van der Waals surface area contributed by atoms with Gasteiger partial charge in [-0.15, -0.1) is 0 Å². The maximum absolute atomic E-state index is 9.30. The summed E-state index contributed by atoms with van der Waals surface area (Å²) >= 11 is 0.